The number of nitrogens with one attached hydrogen (secondary N) is 1. The van der Waals surface area contributed by atoms with Gasteiger partial charge in [0, 0.05) is 6.20 Å². The van der Waals surface area contributed by atoms with Gasteiger partial charge in [-0.15, -0.1) is 12.4 Å². The highest BCUT2D eigenvalue weighted by Gasteiger charge is 2.08. The van der Waals surface area contributed by atoms with Crippen LogP contribution >= 0.6 is 12.4 Å². The number of nitriles is 1. The second-order valence-corrected chi connectivity index (χ2v) is 2.83. The molecule has 0 fully saturated rings. The van der Waals surface area contributed by atoms with Crippen molar-refractivity contribution in [1.82, 2.24) is 0 Å². The highest BCUT2D eigenvalue weighted by Crippen LogP contribution is 2.26. The Labute approximate surface area is 93.5 Å². The molecule has 0 spiro atoms. The Hall–Kier alpha value is -1.99. The molecule has 1 aromatic rings. The van der Waals surface area contributed by atoms with Gasteiger partial charge >= 0.3 is 0 Å². The standard InChI is InChI=1S/C10H8N4.ClH/c11-5-7-6-13-8-3-1-2-4-9(8)14-10(7)12;/h1-4,6,13H,(H2,12,14);1H. The van der Waals surface area contributed by atoms with E-state index in [0.717, 1.165) is 11.4 Å². The highest BCUT2D eigenvalue weighted by atomic mass is 35.5. The van der Waals surface area contributed by atoms with Gasteiger partial charge in [-0.3, -0.25) is 0 Å². The average molecular weight is 221 g/mol. The van der Waals surface area contributed by atoms with Crippen molar-refractivity contribution in [3.05, 3.63) is 36.0 Å². The molecule has 0 amide bonds. The predicted octanol–water partition coefficient (Wildman–Crippen LogP) is 1.93. The van der Waals surface area contributed by atoms with Gasteiger partial charge in [-0.2, -0.15) is 5.26 Å². The summed E-state index contributed by atoms with van der Waals surface area (Å²) in [5.41, 5.74) is 7.56. The van der Waals surface area contributed by atoms with Crippen molar-refractivity contribution in [1.29, 1.82) is 5.26 Å². The second-order valence-electron chi connectivity index (χ2n) is 2.83. The molecule has 1 aliphatic heterocycles. The van der Waals surface area contributed by atoms with Crippen molar-refractivity contribution in [3.63, 3.8) is 0 Å². The van der Waals surface area contributed by atoms with Gasteiger partial charge in [-0.05, 0) is 12.1 Å². The molecule has 0 unspecified atom stereocenters. The molecule has 0 aliphatic carbocycles. The van der Waals surface area contributed by atoms with Crippen LogP contribution in [0.1, 0.15) is 0 Å². The summed E-state index contributed by atoms with van der Waals surface area (Å²) >= 11 is 0. The van der Waals surface area contributed by atoms with Gasteiger partial charge in [0.25, 0.3) is 0 Å². The van der Waals surface area contributed by atoms with E-state index >= 15 is 0 Å². The maximum atomic E-state index is 8.75. The van der Waals surface area contributed by atoms with Gasteiger partial charge in [0.2, 0.25) is 0 Å². The monoisotopic (exact) mass is 220 g/mol. The van der Waals surface area contributed by atoms with Crippen molar-refractivity contribution in [2.75, 3.05) is 5.32 Å². The maximum absolute atomic E-state index is 8.75. The molecule has 0 atom stereocenters. The smallest absolute Gasteiger partial charge is 0.143 e. The van der Waals surface area contributed by atoms with E-state index in [9.17, 15) is 0 Å². The zero-order valence-corrected chi connectivity index (χ0v) is 8.58. The van der Waals surface area contributed by atoms with E-state index in [0.29, 0.717) is 5.57 Å². The third kappa shape index (κ3) is 2.09. The topological polar surface area (TPSA) is 74.2 Å². The number of hydrogen-bond donors (Lipinski definition) is 2. The summed E-state index contributed by atoms with van der Waals surface area (Å²) in [6.07, 6.45) is 1.56. The first kappa shape index (κ1) is 11.1. The first-order valence-corrected chi connectivity index (χ1v) is 4.11. The first-order valence-electron chi connectivity index (χ1n) is 4.11. The van der Waals surface area contributed by atoms with Crippen LogP contribution in [0.4, 0.5) is 11.4 Å². The number of nitrogens with two attached hydrogens (primary N) is 1. The largest absolute Gasteiger partial charge is 0.383 e. The minimum absolute atomic E-state index is 0. The second kappa shape index (κ2) is 4.49. The SMILES string of the molecule is Cl.N#CC1=CNc2ccccc2N=C1N. The van der Waals surface area contributed by atoms with Gasteiger partial charge in [-0.1, -0.05) is 12.1 Å². The summed E-state index contributed by atoms with van der Waals surface area (Å²) in [6, 6.07) is 9.45. The van der Waals surface area contributed by atoms with E-state index in [2.05, 4.69) is 10.3 Å². The molecule has 0 radical (unpaired) electrons. The molecule has 3 N–H and O–H groups in total. The van der Waals surface area contributed by atoms with Crippen LogP contribution in [-0.2, 0) is 0 Å². The number of aliphatic imine (C=N–C) groups is 1. The number of fused-ring (bicyclic) bond motifs is 1. The van der Waals surface area contributed by atoms with Crippen molar-refractivity contribution in [2.24, 2.45) is 10.7 Å². The minimum atomic E-state index is 0. The fourth-order valence-electron chi connectivity index (χ4n) is 1.20. The van der Waals surface area contributed by atoms with Gasteiger partial charge in [0.05, 0.1) is 11.4 Å². The van der Waals surface area contributed by atoms with Crippen molar-refractivity contribution < 1.29 is 0 Å². The number of amidine groups is 1. The van der Waals surface area contributed by atoms with Crippen molar-refractivity contribution in [2.45, 2.75) is 0 Å². The van der Waals surface area contributed by atoms with Crippen LogP contribution in [0.15, 0.2) is 41.0 Å². The van der Waals surface area contributed by atoms with E-state index in [1.165, 1.54) is 0 Å². The van der Waals surface area contributed by atoms with Crippen LogP contribution < -0.4 is 11.1 Å². The highest BCUT2D eigenvalue weighted by molar-refractivity contribution is 6.03. The third-order valence-electron chi connectivity index (χ3n) is 1.91. The molecule has 76 valence electrons. The number of benzene rings is 1. The zero-order chi connectivity index (χ0) is 9.97. The predicted molar refractivity (Wildman–Crippen MR) is 62.3 cm³/mol. The Morgan fingerprint density at radius 2 is 2.07 bits per heavy atom. The molecule has 1 heterocycles. The van der Waals surface area contributed by atoms with E-state index < -0.39 is 0 Å². The summed E-state index contributed by atoms with van der Waals surface area (Å²) in [7, 11) is 0. The lowest BCUT2D eigenvalue weighted by atomic mass is 10.3. The summed E-state index contributed by atoms with van der Waals surface area (Å²) in [6.45, 7) is 0. The average Bonchev–Trinajstić information content (AvgIpc) is 2.36. The lowest BCUT2D eigenvalue weighted by Gasteiger charge is -2.01. The van der Waals surface area contributed by atoms with Crippen LogP contribution in [0.3, 0.4) is 0 Å². The molecule has 0 saturated heterocycles. The fourth-order valence-corrected chi connectivity index (χ4v) is 1.20. The summed E-state index contributed by atoms with van der Waals surface area (Å²) in [5.74, 6) is 0.241. The Balaban J connectivity index is 0.00000112. The number of nitrogens with zero attached hydrogens (tertiary/aromatic N) is 2. The van der Waals surface area contributed by atoms with Gasteiger partial charge < -0.3 is 11.1 Å². The molecule has 4 nitrogen and oxygen atoms in total. The number of para-hydroxylation sites is 2. The Bertz CT molecular complexity index is 471. The molecular weight excluding hydrogens is 212 g/mol. The maximum Gasteiger partial charge on any atom is 0.143 e. The van der Waals surface area contributed by atoms with Crippen LogP contribution in [0.2, 0.25) is 0 Å². The number of halogens is 1. The summed E-state index contributed by atoms with van der Waals surface area (Å²) in [5, 5.41) is 11.7. The molecule has 1 aromatic carbocycles. The quantitative estimate of drug-likeness (QED) is 0.702. The van der Waals surface area contributed by atoms with E-state index in [-0.39, 0.29) is 18.2 Å². The van der Waals surface area contributed by atoms with Gasteiger partial charge in [-0.25, -0.2) is 4.99 Å². The first-order chi connectivity index (χ1) is 6.81. The van der Waals surface area contributed by atoms with Crippen LogP contribution in [0, 0.1) is 11.3 Å². The summed E-state index contributed by atoms with van der Waals surface area (Å²) < 4.78 is 0. The lowest BCUT2D eigenvalue weighted by molar-refractivity contribution is 1.46. The Morgan fingerprint density at radius 1 is 1.33 bits per heavy atom. The molecule has 15 heavy (non-hydrogen) atoms. The van der Waals surface area contributed by atoms with Crippen LogP contribution in [-0.4, -0.2) is 5.84 Å². The number of rotatable bonds is 0. The number of hydrogen-bond acceptors (Lipinski definition) is 4. The Kier molecular flexibility index (Phi) is 3.32. The normalized spacial score (nSPS) is 13.0. The van der Waals surface area contributed by atoms with E-state index in [4.69, 9.17) is 11.0 Å². The van der Waals surface area contributed by atoms with Crippen LogP contribution in [0.25, 0.3) is 0 Å². The molecule has 0 bridgehead atoms. The van der Waals surface area contributed by atoms with Crippen LogP contribution in [0.5, 0.6) is 0 Å². The number of anilines is 1. The molecule has 2 rings (SSSR count). The van der Waals surface area contributed by atoms with E-state index in [1.807, 2.05) is 30.3 Å². The van der Waals surface area contributed by atoms with Crippen molar-refractivity contribution >= 4 is 29.6 Å². The molecular formula is C10H9ClN4. The summed E-state index contributed by atoms with van der Waals surface area (Å²) in [4.78, 5) is 4.13. The molecule has 0 aromatic heterocycles. The molecule has 1 aliphatic rings. The lowest BCUT2D eigenvalue weighted by Crippen LogP contribution is -2.13. The zero-order valence-electron chi connectivity index (χ0n) is 7.77. The third-order valence-corrected chi connectivity index (χ3v) is 1.91. The Morgan fingerprint density at radius 3 is 2.80 bits per heavy atom. The van der Waals surface area contributed by atoms with Gasteiger partial charge in [0.1, 0.15) is 17.5 Å². The van der Waals surface area contributed by atoms with E-state index in [1.54, 1.807) is 6.20 Å². The van der Waals surface area contributed by atoms with Crippen molar-refractivity contribution in [3.8, 4) is 6.07 Å². The van der Waals surface area contributed by atoms with Gasteiger partial charge in [0.15, 0.2) is 0 Å². The molecule has 0 saturated carbocycles. The fraction of sp³-hybridized carbons (Fsp3) is 0. The molecule has 5 heteroatoms. The minimum Gasteiger partial charge on any atom is -0.383 e.